The van der Waals surface area contributed by atoms with Gasteiger partial charge in [-0.2, -0.15) is 0 Å². The molecule has 0 spiro atoms. The SMILES string of the molecule is C#CCOC(=O)C(C)(C)CCc1ccc(O)cc1. The van der Waals surface area contributed by atoms with E-state index >= 15 is 0 Å². The lowest BCUT2D eigenvalue weighted by atomic mass is 9.86. The van der Waals surface area contributed by atoms with Gasteiger partial charge in [-0.1, -0.05) is 18.1 Å². The van der Waals surface area contributed by atoms with Gasteiger partial charge in [0, 0.05) is 0 Å². The Morgan fingerprint density at radius 2 is 2.00 bits per heavy atom. The van der Waals surface area contributed by atoms with E-state index in [2.05, 4.69) is 5.92 Å². The Hall–Kier alpha value is -1.95. The predicted octanol–water partition coefficient (Wildman–Crippen LogP) is 2.53. The Labute approximate surface area is 108 Å². The van der Waals surface area contributed by atoms with Crippen LogP contribution in [0.25, 0.3) is 0 Å². The number of benzene rings is 1. The standard InChI is InChI=1S/C15H18O3/c1-4-11-18-14(17)15(2,3)10-9-12-5-7-13(16)8-6-12/h1,5-8,16H,9-11H2,2-3H3. The third-order valence-corrected chi connectivity index (χ3v) is 2.81. The summed E-state index contributed by atoms with van der Waals surface area (Å²) in [7, 11) is 0. The summed E-state index contributed by atoms with van der Waals surface area (Å²) in [5.41, 5.74) is 0.514. The quantitative estimate of drug-likeness (QED) is 0.641. The van der Waals surface area contributed by atoms with Crippen molar-refractivity contribution in [2.75, 3.05) is 6.61 Å². The van der Waals surface area contributed by atoms with Crippen LogP contribution in [0.15, 0.2) is 24.3 Å². The molecule has 1 rings (SSSR count). The number of aromatic hydroxyl groups is 1. The van der Waals surface area contributed by atoms with Crippen LogP contribution in [0.2, 0.25) is 0 Å². The van der Waals surface area contributed by atoms with Gasteiger partial charge in [-0.05, 0) is 44.4 Å². The molecule has 0 saturated carbocycles. The fraction of sp³-hybridized carbons (Fsp3) is 0.400. The van der Waals surface area contributed by atoms with Crippen LogP contribution in [0.3, 0.4) is 0 Å². The molecule has 0 saturated heterocycles. The number of esters is 1. The minimum atomic E-state index is -0.561. The molecule has 0 aliphatic rings. The van der Waals surface area contributed by atoms with Crippen LogP contribution < -0.4 is 0 Å². The number of phenolic OH excluding ortho intramolecular Hbond substituents is 1. The van der Waals surface area contributed by atoms with Gasteiger partial charge in [0.15, 0.2) is 6.61 Å². The molecule has 0 atom stereocenters. The van der Waals surface area contributed by atoms with E-state index in [4.69, 9.17) is 11.2 Å². The number of aryl methyl sites for hydroxylation is 1. The van der Waals surface area contributed by atoms with Crippen molar-refractivity contribution < 1.29 is 14.6 Å². The number of ether oxygens (including phenoxy) is 1. The fourth-order valence-corrected chi connectivity index (χ4v) is 1.52. The molecule has 0 aliphatic carbocycles. The maximum atomic E-state index is 11.7. The molecule has 96 valence electrons. The van der Waals surface area contributed by atoms with E-state index in [1.54, 1.807) is 12.1 Å². The maximum Gasteiger partial charge on any atom is 0.312 e. The smallest absolute Gasteiger partial charge is 0.312 e. The van der Waals surface area contributed by atoms with E-state index in [1.165, 1.54) is 0 Å². The number of phenols is 1. The molecule has 3 heteroatoms. The van der Waals surface area contributed by atoms with Gasteiger partial charge in [-0.15, -0.1) is 6.42 Å². The predicted molar refractivity (Wildman–Crippen MR) is 70.0 cm³/mol. The van der Waals surface area contributed by atoms with Crippen LogP contribution in [0, 0.1) is 17.8 Å². The number of hydrogen-bond acceptors (Lipinski definition) is 3. The third kappa shape index (κ3) is 4.14. The highest BCUT2D eigenvalue weighted by Crippen LogP contribution is 2.25. The Morgan fingerprint density at radius 3 is 2.56 bits per heavy atom. The summed E-state index contributed by atoms with van der Waals surface area (Å²) < 4.78 is 4.95. The lowest BCUT2D eigenvalue weighted by Crippen LogP contribution is -2.27. The first-order chi connectivity index (χ1) is 8.45. The summed E-state index contributed by atoms with van der Waals surface area (Å²) in [6.07, 6.45) is 6.46. The van der Waals surface area contributed by atoms with Gasteiger partial charge in [0.25, 0.3) is 0 Å². The molecular weight excluding hydrogens is 228 g/mol. The van der Waals surface area contributed by atoms with E-state index in [-0.39, 0.29) is 18.3 Å². The van der Waals surface area contributed by atoms with E-state index < -0.39 is 5.41 Å². The summed E-state index contributed by atoms with van der Waals surface area (Å²) in [4.78, 5) is 11.7. The second-order valence-electron chi connectivity index (χ2n) is 4.83. The summed E-state index contributed by atoms with van der Waals surface area (Å²) in [5, 5.41) is 9.18. The second kappa shape index (κ2) is 6.11. The van der Waals surface area contributed by atoms with Crippen molar-refractivity contribution in [3.8, 4) is 18.1 Å². The minimum absolute atomic E-state index is 0.0153. The first-order valence-corrected chi connectivity index (χ1v) is 5.84. The molecule has 0 radical (unpaired) electrons. The number of hydrogen-bond donors (Lipinski definition) is 1. The topological polar surface area (TPSA) is 46.5 Å². The van der Waals surface area contributed by atoms with Crippen LogP contribution in [-0.2, 0) is 16.0 Å². The van der Waals surface area contributed by atoms with Crippen LogP contribution in [0.1, 0.15) is 25.8 Å². The monoisotopic (exact) mass is 246 g/mol. The summed E-state index contributed by atoms with van der Waals surface area (Å²) in [6.45, 7) is 3.69. The van der Waals surface area contributed by atoms with E-state index in [0.29, 0.717) is 6.42 Å². The van der Waals surface area contributed by atoms with Crippen molar-refractivity contribution in [3.05, 3.63) is 29.8 Å². The van der Waals surface area contributed by atoms with Crippen LogP contribution in [0.5, 0.6) is 5.75 Å². The number of carbonyl (C=O) groups excluding carboxylic acids is 1. The third-order valence-electron chi connectivity index (χ3n) is 2.81. The van der Waals surface area contributed by atoms with Crippen molar-refractivity contribution in [2.24, 2.45) is 5.41 Å². The largest absolute Gasteiger partial charge is 0.508 e. The summed E-state index contributed by atoms with van der Waals surface area (Å²) in [6, 6.07) is 6.97. The van der Waals surface area contributed by atoms with Crippen molar-refractivity contribution in [1.82, 2.24) is 0 Å². The number of carbonyl (C=O) groups is 1. The first-order valence-electron chi connectivity index (χ1n) is 5.84. The highest BCUT2D eigenvalue weighted by atomic mass is 16.5. The van der Waals surface area contributed by atoms with Gasteiger partial charge >= 0.3 is 5.97 Å². The number of terminal acetylenes is 1. The summed E-state index contributed by atoms with van der Waals surface area (Å²) >= 11 is 0. The average Bonchev–Trinajstić information content (AvgIpc) is 2.35. The molecule has 1 aromatic rings. The lowest BCUT2D eigenvalue weighted by Gasteiger charge is -2.21. The zero-order valence-corrected chi connectivity index (χ0v) is 10.8. The molecule has 0 amide bonds. The maximum absolute atomic E-state index is 11.7. The van der Waals surface area contributed by atoms with Gasteiger partial charge in [0.1, 0.15) is 5.75 Å². The van der Waals surface area contributed by atoms with Gasteiger partial charge in [0.2, 0.25) is 0 Å². The zero-order valence-electron chi connectivity index (χ0n) is 10.8. The van der Waals surface area contributed by atoms with Crippen LogP contribution in [-0.4, -0.2) is 17.7 Å². The molecule has 0 heterocycles. The van der Waals surface area contributed by atoms with Gasteiger partial charge < -0.3 is 9.84 Å². The van der Waals surface area contributed by atoms with Crippen molar-refractivity contribution >= 4 is 5.97 Å². The Bertz CT molecular complexity index is 438. The normalized spacial score (nSPS) is 10.7. The van der Waals surface area contributed by atoms with Crippen LogP contribution >= 0.6 is 0 Å². The van der Waals surface area contributed by atoms with Crippen LogP contribution in [0.4, 0.5) is 0 Å². The Kier molecular flexibility index (Phi) is 4.79. The van der Waals surface area contributed by atoms with Gasteiger partial charge in [-0.3, -0.25) is 4.79 Å². The van der Waals surface area contributed by atoms with Crippen molar-refractivity contribution in [2.45, 2.75) is 26.7 Å². The minimum Gasteiger partial charge on any atom is -0.508 e. The van der Waals surface area contributed by atoms with Gasteiger partial charge in [-0.25, -0.2) is 0 Å². The molecule has 0 aromatic heterocycles. The molecule has 0 bridgehead atoms. The van der Waals surface area contributed by atoms with Crippen molar-refractivity contribution in [1.29, 1.82) is 0 Å². The van der Waals surface area contributed by atoms with E-state index in [9.17, 15) is 9.90 Å². The zero-order chi connectivity index (χ0) is 13.6. The van der Waals surface area contributed by atoms with E-state index in [0.717, 1.165) is 12.0 Å². The molecule has 3 nitrogen and oxygen atoms in total. The highest BCUT2D eigenvalue weighted by Gasteiger charge is 2.28. The molecule has 0 aliphatic heterocycles. The average molecular weight is 246 g/mol. The molecule has 18 heavy (non-hydrogen) atoms. The van der Waals surface area contributed by atoms with Gasteiger partial charge in [0.05, 0.1) is 5.41 Å². The van der Waals surface area contributed by atoms with E-state index in [1.807, 2.05) is 26.0 Å². The highest BCUT2D eigenvalue weighted by molar-refractivity contribution is 5.76. The molecule has 1 aromatic carbocycles. The lowest BCUT2D eigenvalue weighted by molar-refractivity contribution is -0.152. The Balaban J connectivity index is 2.53. The first kappa shape index (κ1) is 14.1. The Morgan fingerprint density at radius 1 is 1.39 bits per heavy atom. The molecule has 1 N–H and O–H groups in total. The fourth-order valence-electron chi connectivity index (χ4n) is 1.52. The second-order valence-corrected chi connectivity index (χ2v) is 4.83. The molecule has 0 fully saturated rings. The number of rotatable bonds is 5. The molecule has 0 unspecified atom stereocenters. The molecular formula is C15H18O3. The van der Waals surface area contributed by atoms with Crippen molar-refractivity contribution in [3.63, 3.8) is 0 Å². The summed E-state index contributed by atoms with van der Waals surface area (Å²) in [5.74, 6) is 2.24.